The first-order valence-corrected chi connectivity index (χ1v) is 24.3. The Balaban J connectivity index is 0.000000235. The van der Waals surface area contributed by atoms with Gasteiger partial charge in [0.25, 0.3) is 11.8 Å². The van der Waals surface area contributed by atoms with Crippen LogP contribution in [0.4, 0.5) is 21.0 Å². The van der Waals surface area contributed by atoms with Crippen molar-refractivity contribution in [3.8, 4) is 23.0 Å². The number of piperidine rings is 2. The van der Waals surface area contributed by atoms with E-state index in [9.17, 15) is 39.0 Å². The van der Waals surface area contributed by atoms with E-state index in [4.69, 9.17) is 37.9 Å². The Morgan fingerprint density at radius 2 is 1.28 bits per heavy atom. The van der Waals surface area contributed by atoms with Gasteiger partial charge in [-0.25, -0.2) is 19.4 Å². The molecular formula is C51H68N4O16. The molecule has 5 heterocycles. The van der Waals surface area contributed by atoms with Crippen LogP contribution in [0.1, 0.15) is 118 Å². The summed E-state index contributed by atoms with van der Waals surface area (Å²) in [5.41, 5.74) is -1.29. The maximum atomic E-state index is 13.9. The van der Waals surface area contributed by atoms with Crippen LogP contribution in [0.15, 0.2) is 49.6 Å². The van der Waals surface area contributed by atoms with Gasteiger partial charge < -0.3 is 67.5 Å². The fraction of sp³-hybridized carbons (Fsp3) is 0.569. The molecule has 388 valence electrons. The number of amides is 4. The Labute approximate surface area is 414 Å². The minimum absolute atomic E-state index is 0.00417. The minimum atomic E-state index is -1.99. The van der Waals surface area contributed by atoms with E-state index in [1.807, 2.05) is 0 Å². The Bertz CT molecular complexity index is 2270. The highest BCUT2D eigenvalue weighted by Crippen LogP contribution is 2.45. The summed E-state index contributed by atoms with van der Waals surface area (Å²) in [5, 5.41) is 22.5. The van der Waals surface area contributed by atoms with Crippen molar-refractivity contribution >= 4 is 46.9 Å². The van der Waals surface area contributed by atoms with Crippen LogP contribution in [0.2, 0.25) is 0 Å². The minimum Gasteiger partial charge on any atom is -0.493 e. The summed E-state index contributed by atoms with van der Waals surface area (Å²) in [6.07, 6.45) is 6.23. The number of carbonyl (C=O) groups is 6. The van der Waals surface area contributed by atoms with Crippen molar-refractivity contribution in [3.63, 3.8) is 0 Å². The van der Waals surface area contributed by atoms with Gasteiger partial charge in [0, 0.05) is 44.7 Å². The van der Waals surface area contributed by atoms with Gasteiger partial charge in [-0.3, -0.25) is 9.59 Å². The van der Waals surface area contributed by atoms with E-state index < -0.39 is 42.6 Å². The second-order valence-corrected chi connectivity index (χ2v) is 17.9. The summed E-state index contributed by atoms with van der Waals surface area (Å²) in [7, 11) is 2.91. The number of methoxy groups -OCH3 is 2. The molecule has 0 radical (unpaired) electrons. The number of hydrogen-bond donors (Lipinski definition) is 2. The van der Waals surface area contributed by atoms with Crippen LogP contribution in [-0.4, -0.2) is 146 Å². The monoisotopic (exact) mass is 992 g/mol. The van der Waals surface area contributed by atoms with E-state index in [2.05, 4.69) is 13.2 Å². The first-order valence-electron chi connectivity index (χ1n) is 24.3. The summed E-state index contributed by atoms with van der Waals surface area (Å²) < 4.78 is 45.7. The lowest BCUT2D eigenvalue weighted by Crippen LogP contribution is -2.65. The number of fused-ring (bicyclic) bond motifs is 4. The third kappa shape index (κ3) is 12.6. The molecule has 0 spiro atoms. The fourth-order valence-electron chi connectivity index (χ4n) is 9.30. The normalized spacial score (nSPS) is 22.6. The second kappa shape index (κ2) is 25.2. The molecule has 2 N–H and O–H groups in total. The molecule has 0 bridgehead atoms. The number of nitrogens with zero attached hydrogens (tertiary/aromatic N) is 4. The van der Waals surface area contributed by atoms with E-state index in [1.165, 1.54) is 62.2 Å². The molecule has 5 aliphatic heterocycles. The maximum Gasteiger partial charge on any atom is 0.416 e. The summed E-state index contributed by atoms with van der Waals surface area (Å²) in [6.45, 7) is 11.9. The number of anilines is 2. The number of aliphatic hydroxyl groups excluding tert-OH is 1. The van der Waals surface area contributed by atoms with E-state index in [1.54, 1.807) is 17.0 Å². The predicted octanol–water partition coefficient (Wildman–Crippen LogP) is 6.67. The Hall–Kier alpha value is -6.22. The molecule has 4 amide bonds. The highest BCUT2D eigenvalue weighted by Gasteiger charge is 2.54. The Morgan fingerprint density at radius 3 is 1.83 bits per heavy atom. The first-order chi connectivity index (χ1) is 34.2. The van der Waals surface area contributed by atoms with Crippen molar-refractivity contribution < 1.29 is 76.9 Å². The van der Waals surface area contributed by atoms with Crippen LogP contribution in [0.3, 0.4) is 0 Å². The van der Waals surface area contributed by atoms with Gasteiger partial charge in [0.05, 0.1) is 56.0 Å². The van der Waals surface area contributed by atoms with Crippen molar-refractivity contribution in [3.05, 3.63) is 60.7 Å². The molecule has 3 saturated heterocycles. The molecule has 3 unspecified atom stereocenters. The molecule has 0 aromatic heterocycles. The van der Waals surface area contributed by atoms with Gasteiger partial charge in [-0.1, -0.05) is 25.3 Å². The van der Waals surface area contributed by atoms with Crippen LogP contribution < -0.4 is 28.7 Å². The van der Waals surface area contributed by atoms with E-state index in [0.717, 1.165) is 30.6 Å². The lowest BCUT2D eigenvalue weighted by Gasteiger charge is -2.45. The van der Waals surface area contributed by atoms with Crippen molar-refractivity contribution in [2.45, 2.75) is 128 Å². The fourth-order valence-corrected chi connectivity index (χ4v) is 9.30. The molecular weight excluding hydrogens is 925 g/mol. The van der Waals surface area contributed by atoms with Gasteiger partial charge in [0.15, 0.2) is 47.5 Å². The topological polar surface area (TPSA) is 230 Å². The van der Waals surface area contributed by atoms with Crippen molar-refractivity contribution in [2.24, 2.45) is 0 Å². The highest BCUT2D eigenvalue weighted by atomic mass is 16.7. The van der Waals surface area contributed by atoms with Crippen LogP contribution in [0.5, 0.6) is 23.0 Å². The molecule has 3 fully saturated rings. The molecule has 5 aliphatic rings. The highest BCUT2D eigenvalue weighted by molar-refractivity contribution is 6.07. The molecule has 5 atom stereocenters. The van der Waals surface area contributed by atoms with Crippen LogP contribution >= 0.6 is 0 Å². The largest absolute Gasteiger partial charge is 0.493 e. The third-order valence-corrected chi connectivity index (χ3v) is 12.8. The number of ether oxygens (including phenoxy) is 8. The standard InChI is InChI=1S/C28H38N2O8.C23H30N2O8/c1-4-14-37-28(33)30-22-18-24(35-16-9-10-19(2)31)23(34-3)17-20(22)26(32)29-13-7-5-11-21(29)27(30)38-25-12-6-8-15-36-25;1-4-11-33-22(29)25-17-14-19(32-12-7-8-15(2)26)18(31-3)13-16(17)20(27)24-10-6-5-9-23(24,30)21(25)28/h4,17-18,21,25,27H,1,5-16H2,2-3H3;4,13-14,21,28,30H,1,5-12H2,2-3H3/t21-,25?,27?;21?,23-/m01/s1. The van der Waals surface area contributed by atoms with Crippen molar-refractivity contribution in [1.82, 2.24) is 9.80 Å². The van der Waals surface area contributed by atoms with Crippen LogP contribution in [0, 0.1) is 0 Å². The SMILES string of the molecule is C=CCOC(=O)N1c2cc(OCCCC(C)=O)c(OC)cc2C(=O)N2CCCC[C@@]2(O)C1O.C=CCOC(=O)N1c2cc(OCCCC(C)=O)c(OC)cc2C(=O)N2CCCC[C@H]2C1OC1CCCCO1. The number of rotatable bonds is 18. The molecule has 0 saturated carbocycles. The van der Waals surface area contributed by atoms with Crippen LogP contribution in [-0.2, 0) is 28.5 Å². The molecule has 71 heavy (non-hydrogen) atoms. The summed E-state index contributed by atoms with van der Waals surface area (Å²) >= 11 is 0. The number of benzene rings is 2. The zero-order chi connectivity index (χ0) is 51.2. The number of hydrogen-bond acceptors (Lipinski definition) is 16. The molecule has 20 heteroatoms. The van der Waals surface area contributed by atoms with E-state index >= 15 is 0 Å². The summed E-state index contributed by atoms with van der Waals surface area (Å²) in [5.74, 6) is 0.525. The average molecular weight is 993 g/mol. The van der Waals surface area contributed by atoms with E-state index in [-0.39, 0.29) is 85.7 Å². The maximum absolute atomic E-state index is 13.9. The molecule has 0 aliphatic carbocycles. The summed E-state index contributed by atoms with van der Waals surface area (Å²) in [6, 6.07) is 5.68. The number of carbonyl (C=O) groups excluding carboxylic acids is 6. The van der Waals surface area contributed by atoms with Gasteiger partial charge in [-0.05, 0) is 96.6 Å². The van der Waals surface area contributed by atoms with E-state index in [0.29, 0.717) is 87.3 Å². The van der Waals surface area contributed by atoms with Gasteiger partial charge in [0.2, 0.25) is 0 Å². The number of Topliss-reactive ketones (excluding diaryl/α,β-unsaturated/α-hetero) is 2. The summed E-state index contributed by atoms with van der Waals surface area (Å²) in [4.78, 5) is 81.7. The van der Waals surface area contributed by atoms with Crippen molar-refractivity contribution in [2.75, 3.05) is 70.1 Å². The van der Waals surface area contributed by atoms with Gasteiger partial charge >= 0.3 is 12.2 Å². The smallest absolute Gasteiger partial charge is 0.416 e. The second-order valence-electron chi connectivity index (χ2n) is 17.9. The van der Waals surface area contributed by atoms with Crippen molar-refractivity contribution in [1.29, 1.82) is 0 Å². The quantitative estimate of drug-likeness (QED) is 0.117. The lowest BCUT2D eigenvalue weighted by molar-refractivity contribution is -0.198. The number of aliphatic hydroxyl groups is 2. The van der Waals surface area contributed by atoms with Crippen LogP contribution in [0.25, 0.3) is 0 Å². The average Bonchev–Trinajstić information content (AvgIpc) is 3.51. The van der Waals surface area contributed by atoms with Gasteiger partial charge in [-0.15, -0.1) is 0 Å². The molecule has 7 rings (SSSR count). The Kier molecular flexibility index (Phi) is 19.2. The zero-order valence-electron chi connectivity index (χ0n) is 41.2. The van der Waals surface area contributed by atoms with Gasteiger partial charge in [-0.2, -0.15) is 0 Å². The Morgan fingerprint density at radius 1 is 0.732 bits per heavy atom. The molecule has 2 aromatic rings. The third-order valence-electron chi connectivity index (χ3n) is 12.8. The number of ketones is 2. The first kappa shape index (κ1) is 54.1. The molecule has 2 aromatic carbocycles. The molecule has 20 nitrogen and oxygen atoms in total. The lowest BCUT2D eigenvalue weighted by atomic mass is 9.96. The van der Waals surface area contributed by atoms with Gasteiger partial charge in [0.1, 0.15) is 24.8 Å². The zero-order valence-corrected chi connectivity index (χ0v) is 41.2. The predicted molar refractivity (Wildman–Crippen MR) is 258 cm³/mol.